The van der Waals surface area contributed by atoms with Crippen molar-refractivity contribution < 1.29 is 14.9 Å². The Kier molecular flexibility index (Phi) is 13.9. The van der Waals surface area contributed by atoms with Crippen molar-refractivity contribution in [2.75, 3.05) is 7.11 Å². The van der Waals surface area contributed by atoms with Gasteiger partial charge in [0.2, 0.25) is 0 Å². The second-order valence-corrected chi connectivity index (χ2v) is 7.20. The molecule has 1 aromatic heterocycles. The second-order valence-electron chi connectivity index (χ2n) is 7.20. The van der Waals surface area contributed by atoms with Gasteiger partial charge in [0.05, 0.1) is 19.5 Å². The molecule has 32 heavy (non-hydrogen) atoms. The minimum Gasteiger partial charge on any atom is -0.508 e. The zero-order valence-corrected chi connectivity index (χ0v) is 19.8. The molecule has 0 aliphatic heterocycles. The summed E-state index contributed by atoms with van der Waals surface area (Å²) in [7, 11) is 1.52. The molecule has 0 radical (unpaired) electrons. The standard InChI is InChI=1S/C16H26O.C7H8O2.C3H3N3/c1-4-7-8-9-10-15-14(6-3)13(5-2)11-12-16(15)17;1-9-7-5-3-2-4-6(7)8;1-2-4-6-5-3-1/h11-12,17H,4-10H2,1-3H3;2-5,8H,1H3;1-3H. The molecule has 3 rings (SSSR count). The Morgan fingerprint density at radius 3 is 1.94 bits per heavy atom. The minimum absolute atomic E-state index is 0.181. The van der Waals surface area contributed by atoms with Crippen LogP contribution in [0.15, 0.2) is 54.9 Å². The summed E-state index contributed by atoms with van der Waals surface area (Å²) in [5, 5.41) is 29.1. The van der Waals surface area contributed by atoms with Crippen molar-refractivity contribution in [3.8, 4) is 17.2 Å². The molecule has 1 heterocycles. The average Bonchev–Trinajstić information content (AvgIpc) is 2.84. The van der Waals surface area contributed by atoms with E-state index in [2.05, 4.69) is 42.2 Å². The monoisotopic (exact) mass is 439 g/mol. The van der Waals surface area contributed by atoms with Gasteiger partial charge in [-0.15, -0.1) is 10.2 Å². The molecule has 6 nitrogen and oxygen atoms in total. The lowest BCUT2D eigenvalue weighted by molar-refractivity contribution is 0.373. The molecule has 0 saturated heterocycles. The zero-order valence-electron chi connectivity index (χ0n) is 19.8. The Hall–Kier alpha value is -3.15. The van der Waals surface area contributed by atoms with E-state index < -0.39 is 0 Å². The summed E-state index contributed by atoms with van der Waals surface area (Å²) in [6.45, 7) is 6.60. The number of aromatic nitrogens is 3. The Morgan fingerprint density at radius 1 is 0.750 bits per heavy atom. The minimum atomic E-state index is 0.181. The molecule has 2 N–H and O–H groups in total. The molecule has 0 saturated carbocycles. The fraction of sp³-hybridized carbons (Fsp3) is 0.423. The van der Waals surface area contributed by atoms with Crippen molar-refractivity contribution in [1.29, 1.82) is 0 Å². The number of benzene rings is 2. The second kappa shape index (κ2) is 16.5. The zero-order chi connectivity index (χ0) is 23.6. The van der Waals surface area contributed by atoms with E-state index in [4.69, 9.17) is 9.84 Å². The summed E-state index contributed by atoms with van der Waals surface area (Å²) in [5.74, 6) is 1.19. The number of ether oxygens (including phenoxy) is 1. The van der Waals surface area contributed by atoms with Gasteiger partial charge in [-0.3, -0.25) is 0 Å². The topological polar surface area (TPSA) is 88.4 Å². The third-order valence-corrected chi connectivity index (χ3v) is 5.01. The quantitative estimate of drug-likeness (QED) is 0.424. The maximum Gasteiger partial charge on any atom is 0.160 e. The van der Waals surface area contributed by atoms with E-state index in [9.17, 15) is 5.11 Å². The summed E-state index contributed by atoms with van der Waals surface area (Å²) in [6.07, 6.45) is 11.3. The van der Waals surface area contributed by atoms with Crippen molar-refractivity contribution in [2.24, 2.45) is 0 Å². The van der Waals surface area contributed by atoms with E-state index in [0.29, 0.717) is 11.5 Å². The highest BCUT2D eigenvalue weighted by atomic mass is 16.5. The number of nitrogens with zero attached hydrogens (tertiary/aromatic N) is 3. The Balaban J connectivity index is 0.000000281. The number of methoxy groups -OCH3 is 1. The number of hydrogen-bond acceptors (Lipinski definition) is 6. The van der Waals surface area contributed by atoms with Crippen molar-refractivity contribution >= 4 is 0 Å². The number of aromatic hydroxyl groups is 2. The molecule has 0 atom stereocenters. The maximum absolute atomic E-state index is 10.00. The highest BCUT2D eigenvalue weighted by Crippen LogP contribution is 2.27. The van der Waals surface area contributed by atoms with Crippen LogP contribution in [0.25, 0.3) is 0 Å². The summed E-state index contributed by atoms with van der Waals surface area (Å²) < 4.78 is 4.79. The van der Waals surface area contributed by atoms with Crippen molar-refractivity contribution in [2.45, 2.75) is 65.7 Å². The molecule has 0 spiro atoms. The first-order valence-corrected chi connectivity index (χ1v) is 11.3. The van der Waals surface area contributed by atoms with Gasteiger partial charge in [0.1, 0.15) is 5.75 Å². The molecule has 0 aliphatic rings. The molecule has 2 aromatic carbocycles. The fourth-order valence-corrected chi connectivity index (χ4v) is 3.34. The number of phenolic OH excluding ortho intramolecular Hbond substituents is 2. The predicted octanol–water partition coefficient (Wildman–Crippen LogP) is 5.91. The van der Waals surface area contributed by atoms with Gasteiger partial charge in [0, 0.05) is 0 Å². The lowest BCUT2D eigenvalue weighted by Crippen LogP contribution is -1.99. The van der Waals surface area contributed by atoms with Crippen LogP contribution in [0.5, 0.6) is 17.2 Å². The molecule has 0 unspecified atom stereocenters. The van der Waals surface area contributed by atoms with Crippen LogP contribution in [0.3, 0.4) is 0 Å². The predicted molar refractivity (Wildman–Crippen MR) is 129 cm³/mol. The van der Waals surface area contributed by atoms with E-state index in [1.165, 1.54) is 49.5 Å². The first-order valence-electron chi connectivity index (χ1n) is 11.3. The normalized spacial score (nSPS) is 9.75. The van der Waals surface area contributed by atoms with Crippen LogP contribution in [-0.4, -0.2) is 32.7 Å². The smallest absolute Gasteiger partial charge is 0.160 e. The van der Waals surface area contributed by atoms with Crippen molar-refractivity contribution in [3.05, 3.63) is 71.5 Å². The van der Waals surface area contributed by atoms with Crippen LogP contribution in [-0.2, 0) is 19.3 Å². The van der Waals surface area contributed by atoms with Crippen LogP contribution in [0.2, 0.25) is 0 Å². The van der Waals surface area contributed by atoms with Gasteiger partial charge in [0.25, 0.3) is 0 Å². The average molecular weight is 440 g/mol. The molecule has 0 amide bonds. The number of rotatable bonds is 8. The van der Waals surface area contributed by atoms with Gasteiger partial charge in [-0.25, -0.2) is 0 Å². The lowest BCUT2D eigenvalue weighted by atomic mass is 9.93. The molecule has 6 heteroatoms. The van der Waals surface area contributed by atoms with E-state index in [1.807, 2.05) is 6.07 Å². The third-order valence-electron chi connectivity index (χ3n) is 5.01. The highest BCUT2D eigenvalue weighted by Gasteiger charge is 2.10. The first kappa shape index (κ1) is 26.9. The SMILES string of the molecule is CCCCCCc1c(O)ccc(CC)c1CC.COc1ccccc1O.c1cnnnc1. The Bertz CT molecular complexity index is 847. The summed E-state index contributed by atoms with van der Waals surface area (Å²) in [4.78, 5) is 0. The van der Waals surface area contributed by atoms with Crippen molar-refractivity contribution in [1.82, 2.24) is 15.4 Å². The number of unbranched alkanes of at least 4 members (excludes halogenated alkanes) is 3. The lowest BCUT2D eigenvalue weighted by Gasteiger charge is -2.14. The van der Waals surface area contributed by atoms with Crippen LogP contribution in [0.4, 0.5) is 0 Å². The number of hydrogen-bond donors (Lipinski definition) is 2. The fourth-order valence-electron chi connectivity index (χ4n) is 3.34. The van der Waals surface area contributed by atoms with Crippen LogP contribution in [0.1, 0.15) is 63.1 Å². The van der Waals surface area contributed by atoms with Crippen LogP contribution < -0.4 is 4.74 Å². The van der Waals surface area contributed by atoms with Gasteiger partial charge in [-0.1, -0.05) is 58.2 Å². The Morgan fingerprint density at radius 2 is 1.47 bits per heavy atom. The van der Waals surface area contributed by atoms with Crippen LogP contribution in [0, 0.1) is 0 Å². The number of aryl methyl sites for hydroxylation is 1. The number of para-hydroxylation sites is 2. The summed E-state index contributed by atoms with van der Waals surface area (Å²) in [6, 6.07) is 12.5. The molecule has 0 fully saturated rings. The van der Waals surface area contributed by atoms with E-state index >= 15 is 0 Å². The van der Waals surface area contributed by atoms with Gasteiger partial charge in [0.15, 0.2) is 11.5 Å². The van der Waals surface area contributed by atoms with Gasteiger partial charge >= 0.3 is 0 Å². The molecule has 0 aliphatic carbocycles. The first-order chi connectivity index (χ1) is 15.6. The molecular weight excluding hydrogens is 402 g/mol. The van der Waals surface area contributed by atoms with Gasteiger partial charge in [-0.05, 0) is 71.9 Å². The van der Waals surface area contributed by atoms with E-state index in [-0.39, 0.29) is 5.75 Å². The molecular formula is C26H37N3O3. The molecule has 174 valence electrons. The van der Waals surface area contributed by atoms with Crippen LogP contribution >= 0.6 is 0 Å². The summed E-state index contributed by atoms with van der Waals surface area (Å²) in [5.41, 5.74) is 3.97. The maximum atomic E-state index is 10.00. The van der Waals surface area contributed by atoms with E-state index in [1.54, 1.807) is 42.7 Å². The van der Waals surface area contributed by atoms with E-state index in [0.717, 1.165) is 19.3 Å². The molecule has 3 aromatic rings. The van der Waals surface area contributed by atoms with Crippen molar-refractivity contribution in [3.63, 3.8) is 0 Å². The largest absolute Gasteiger partial charge is 0.508 e. The highest BCUT2D eigenvalue weighted by molar-refractivity contribution is 5.44. The van der Waals surface area contributed by atoms with Gasteiger partial charge in [-0.2, -0.15) is 0 Å². The Labute approximate surface area is 192 Å². The molecule has 0 bridgehead atoms. The number of phenols is 2. The summed E-state index contributed by atoms with van der Waals surface area (Å²) >= 11 is 0. The van der Waals surface area contributed by atoms with Gasteiger partial charge < -0.3 is 14.9 Å². The third kappa shape index (κ3) is 9.77.